The third-order valence-corrected chi connectivity index (χ3v) is 4.99. The van der Waals surface area contributed by atoms with Gasteiger partial charge in [0, 0.05) is 5.70 Å². The van der Waals surface area contributed by atoms with E-state index in [1.54, 1.807) is 26.0 Å². The number of aromatic nitrogens is 2. The van der Waals surface area contributed by atoms with Gasteiger partial charge in [0.05, 0.1) is 45.0 Å². The van der Waals surface area contributed by atoms with Crippen molar-refractivity contribution in [2.24, 2.45) is 0 Å². The number of allylic oxidation sites excluding steroid dienone is 1. The molecule has 10 heteroatoms. The molecule has 3 N–H and O–H groups in total. The zero-order valence-electron chi connectivity index (χ0n) is 17.3. The molecule has 30 heavy (non-hydrogen) atoms. The quantitative estimate of drug-likeness (QED) is 0.471. The number of nitrogens with one attached hydrogen (secondary N) is 3. The van der Waals surface area contributed by atoms with Crippen LogP contribution in [0.4, 0.5) is 5.82 Å². The summed E-state index contributed by atoms with van der Waals surface area (Å²) in [6, 6.07) is 3.41. The number of rotatable bonds is 6. The van der Waals surface area contributed by atoms with Crippen LogP contribution in [0.3, 0.4) is 0 Å². The molecule has 160 valence electrons. The van der Waals surface area contributed by atoms with Crippen LogP contribution < -0.4 is 25.1 Å². The van der Waals surface area contributed by atoms with Gasteiger partial charge in [-0.05, 0) is 43.8 Å². The maximum Gasteiger partial charge on any atom is 0.336 e. The van der Waals surface area contributed by atoms with E-state index in [2.05, 4.69) is 15.3 Å². The summed E-state index contributed by atoms with van der Waals surface area (Å²) in [4.78, 5) is 31.3. The maximum atomic E-state index is 12.9. The Kier molecular flexibility index (Phi) is 6.16. The Morgan fingerprint density at radius 2 is 1.73 bits per heavy atom. The lowest BCUT2D eigenvalue weighted by Gasteiger charge is -2.29. The lowest BCUT2D eigenvalue weighted by atomic mass is 9.82. The normalized spacial score (nSPS) is 15.2. The highest BCUT2D eigenvalue weighted by Crippen LogP contribution is 2.45. The van der Waals surface area contributed by atoms with Crippen molar-refractivity contribution in [3.05, 3.63) is 49.7 Å². The number of anilines is 1. The first-order valence-corrected chi connectivity index (χ1v) is 9.58. The van der Waals surface area contributed by atoms with Gasteiger partial charge in [-0.25, -0.2) is 4.79 Å². The van der Waals surface area contributed by atoms with Crippen molar-refractivity contribution in [1.82, 2.24) is 9.97 Å². The summed E-state index contributed by atoms with van der Waals surface area (Å²) in [6.07, 6.45) is 0. The average molecular weight is 433 g/mol. The van der Waals surface area contributed by atoms with Crippen LogP contribution in [0.1, 0.15) is 30.9 Å². The summed E-state index contributed by atoms with van der Waals surface area (Å²) in [5.41, 5.74) is 1.30. The van der Waals surface area contributed by atoms with E-state index in [0.717, 1.165) is 0 Å². The molecule has 0 unspecified atom stereocenters. The lowest BCUT2D eigenvalue weighted by Crippen LogP contribution is -2.31. The molecule has 1 aliphatic heterocycles. The molecule has 0 radical (unpaired) electrons. The van der Waals surface area contributed by atoms with Crippen LogP contribution in [0, 0.1) is 4.77 Å². The Morgan fingerprint density at radius 1 is 1.10 bits per heavy atom. The van der Waals surface area contributed by atoms with Crippen molar-refractivity contribution < 1.29 is 23.7 Å². The van der Waals surface area contributed by atoms with E-state index in [0.29, 0.717) is 45.5 Å². The summed E-state index contributed by atoms with van der Waals surface area (Å²) in [7, 11) is 4.49. The molecule has 0 aliphatic carbocycles. The number of fused-ring (bicyclic) bond motifs is 1. The monoisotopic (exact) mass is 433 g/mol. The van der Waals surface area contributed by atoms with Gasteiger partial charge in [0.1, 0.15) is 5.82 Å². The number of hydrogen-bond acceptors (Lipinski definition) is 8. The van der Waals surface area contributed by atoms with Gasteiger partial charge in [0.15, 0.2) is 16.3 Å². The van der Waals surface area contributed by atoms with E-state index in [9.17, 15) is 9.59 Å². The number of methoxy groups -OCH3 is 3. The van der Waals surface area contributed by atoms with Crippen molar-refractivity contribution >= 4 is 24.0 Å². The Morgan fingerprint density at radius 3 is 2.27 bits per heavy atom. The molecule has 0 fully saturated rings. The van der Waals surface area contributed by atoms with Crippen LogP contribution in [0.15, 0.2) is 28.2 Å². The van der Waals surface area contributed by atoms with Gasteiger partial charge < -0.3 is 29.2 Å². The van der Waals surface area contributed by atoms with Crippen LogP contribution in [-0.4, -0.2) is 43.9 Å². The van der Waals surface area contributed by atoms with Crippen LogP contribution in [0.25, 0.3) is 0 Å². The van der Waals surface area contributed by atoms with E-state index < -0.39 is 17.4 Å². The van der Waals surface area contributed by atoms with Crippen LogP contribution in [0.5, 0.6) is 17.2 Å². The largest absolute Gasteiger partial charge is 0.493 e. The van der Waals surface area contributed by atoms with Gasteiger partial charge in [-0.2, -0.15) is 0 Å². The SMILES string of the molecule is CCOC(=O)C1=C(C)Nc2[nH]c(=S)[nH]c(=O)c2[C@@H]1c1cc(OC)c(OC)c(OC)c1. The first kappa shape index (κ1) is 21.4. The predicted molar refractivity (Wildman–Crippen MR) is 113 cm³/mol. The van der Waals surface area contributed by atoms with Crippen LogP contribution >= 0.6 is 12.2 Å². The highest BCUT2D eigenvalue weighted by molar-refractivity contribution is 7.71. The van der Waals surface area contributed by atoms with Gasteiger partial charge in [0.2, 0.25) is 5.75 Å². The van der Waals surface area contributed by atoms with Crippen molar-refractivity contribution in [3.63, 3.8) is 0 Å². The molecule has 0 saturated carbocycles. The smallest absolute Gasteiger partial charge is 0.336 e. The van der Waals surface area contributed by atoms with E-state index in [1.807, 2.05) is 0 Å². The number of H-pyrrole nitrogens is 2. The summed E-state index contributed by atoms with van der Waals surface area (Å²) in [5.74, 6) is 0.310. The number of ether oxygens (including phenoxy) is 4. The highest BCUT2D eigenvalue weighted by Gasteiger charge is 2.36. The second-order valence-electron chi connectivity index (χ2n) is 6.47. The zero-order valence-corrected chi connectivity index (χ0v) is 18.1. The minimum Gasteiger partial charge on any atom is -0.493 e. The van der Waals surface area contributed by atoms with E-state index in [1.165, 1.54) is 21.3 Å². The Hall–Kier alpha value is -3.27. The summed E-state index contributed by atoms with van der Waals surface area (Å²) in [6.45, 7) is 3.65. The second kappa shape index (κ2) is 8.62. The maximum absolute atomic E-state index is 12.9. The van der Waals surface area contributed by atoms with Gasteiger partial charge in [-0.1, -0.05) is 0 Å². The molecule has 2 aromatic rings. The minimum atomic E-state index is -0.760. The molecular weight excluding hydrogens is 410 g/mol. The molecule has 0 saturated heterocycles. The van der Waals surface area contributed by atoms with Crippen molar-refractivity contribution in [2.45, 2.75) is 19.8 Å². The molecule has 0 bridgehead atoms. The lowest BCUT2D eigenvalue weighted by molar-refractivity contribution is -0.138. The summed E-state index contributed by atoms with van der Waals surface area (Å²) >= 11 is 5.10. The summed E-state index contributed by atoms with van der Waals surface area (Å²) in [5, 5.41) is 3.06. The Labute approximate surface area is 178 Å². The molecule has 3 rings (SSSR count). The third kappa shape index (κ3) is 3.65. The fourth-order valence-electron chi connectivity index (χ4n) is 3.57. The molecule has 1 atom stereocenters. The molecular formula is C20H23N3O6S. The molecule has 1 aromatic carbocycles. The minimum absolute atomic E-state index is 0.169. The number of carbonyl (C=O) groups is 1. The van der Waals surface area contributed by atoms with Crippen molar-refractivity contribution in [3.8, 4) is 17.2 Å². The standard InChI is InChI=1S/C20H23N3O6S/c1-6-29-19(25)13-9(2)21-17-15(18(24)23-20(30)22-17)14(13)10-7-11(26-3)16(28-5)12(8-10)27-4/h7-8,14H,6H2,1-5H3,(H3,21,22,23,24,30)/t14-/m1/s1. The first-order chi connectivity index (χ1) is 14.4. The van der Waals surface area contributed by atoms with Crippen molar-refractivity contribution in [1.29, 1.82) is 0 Å². The third-order valence-electron chi connectivity index (χ3n) is 4.79. The second-order valence-corrected chi connectivity index (χ2v) is 6.88. The highest BCUT2D eigenvalue weighted by atomic mass is 32.1. The number of esters is 1. The van der Waals surface area contributed by atoms with Gasteiger partial charge in [-0.3, -0.25) is 9.78 Å². The predicted octanol–water partition coefficient (Wildman–Crippen LogP) is 2.85. The molecule has 0 spiro atoms. The summed E-state index contributed by atoms with van der Waals surface area (Å²) < 4.78 is 21.7. The number of carbonyl (C=O) groups excluding carboxylic acids is 1. The van der Waals surface area contributed by atoms with Gasteiger partial charge in [0.25, 0.3) is 5.56 Å². The fourth-order valence-corrected chi connectivity index (χ4v) is 3.76. The topological polar surface area (TPSA) is 115 Å². The molecule has 9 nitrogen and oxygen atoms in total. The molecule has 0 amide bonds. The molecule has 2 heterocycles. The molecule has 1 aliphatic rings. The number of benzene rings is 1. The van der Waals surface area contributed by atoms with Crippen LogP contribution in [0.2, 0.25) is 0 Å². The zero-order chi connectivity index (χ0) is 22.0. The van der Waals surface area contributed by atoms with Gasteiger partial charge >= 0.3 is 5.97 Å². The number of hydrogen-bond donors (Lipinski definition) is 3. The Balaban J connectivity index is 2.35. The van der Waals surface area contributed by atoms with E-state index in [-0.39, 0.29) is 11.4 Å². The Bertz CT molecular complexity index is 1110. The molecule has 1 aromatic heterocycles. The first-order valence-electron chi connectivity index (χ1n) is 9.17. The fraction of sp³-hybridized carbons (Fsp3) is 0.350. The van der Waals surface area contributed by atoms with E-state index >= 15 is 0 Å². The number of aromatic amines is 2. The van der Waals surface area contributed by atoms with E-state index in [4.69, 9.17) is 31.2 Å². The average Bonchev–Trinajstić information content (AvgIpc) is 2.71. The van der Waals surface area contributed by atoms with Gasteiger partial charge in [-0.15, -0.1) is 0 Å². The van der Waals surface area contributed by atoms with Crippen molar-refractivity contribution in [2.75, 3.05) is 33.3 Å². The van der Waals surface area contributed by atoms with Crippen LogP contribution in [-0.2, 0) is 9.53 Å².